The Morgan fingerprint density at radius 2 is 2.11 bits per heavy atom. The van der Waals surface area contributed by atoms with Crippen LogP contribution in [0.15, 0.2) is 34.4 Å². The van der Waals surface area contributed by atoms with Crippen LogP contribution in [0.5, 0.6) is 0 Å². The summed E-state index contributed by atoms with van der Waals surface area (Å²) in [5, 5.41) is 0. The van der Waals surface area contributed by atoms with Gasteiger partial charge in [0.05, 0.1) is 0 Å². The highest BCUT2D eigenvalue weighted by molar-refractivity contribution is 9.11. The second-order valence-corrected chi connectivity index (χ2v) is 6.94. The highest BCUT2D eigenvalue weighted by atomic mass is 79.9. The summed E-state index contributed by atoms with van der Waals surface area (Å²) in [6, 6.07) is 0. The number of hydrogen-bond acceptors (Lipinski definition) is 2. The lowest BCUT2D eigenvalue weighted by Crippen LogP contribution is -2.35. The molecular formula is C15H22BrNO2. The predicted octanol–water partition coefficient (Wildman–Crippen LogP) is 4.41. The van der Waals surface area contributed by atoms with Crippen molar-refractivity contribution < 1.29 is 9.53 Å². The molecule has 0 aromatic carbocycles. The van der Waals surface area contributed by atoms with E-state index in [9.17, 15) is 4.79 Å². The van der Waals surface area contributed by atoms with Crippen molar-refractivity contribution in [1.29, 1.82) is 0 Å². The van der Waals surface area contributed by atoms with Crippen molar-refractivity contribution in [3.8, 4) is 0 Å². The molecule has 0 unspecified atom stereocenters. The summed E-state index contributed by atoms with van der Waals surface area (Å²) in [4.78, 5) is 13.8. The lowest BCUT2D eigenvalue weighted by Gasteiger charge is -2.24. The van der Waals surface area contributed by atoms with Crippen molar-refractivity contribution in [2.45, 2.75) is 39.7 Å². The summed E-state index contributed by atoms with van der Waals surface area (Å²) in [7, 11) is 0. The molecule has 1 aliphatic rings. The van der Waals surface area contributed by atoms with Gasteiger partial charge in [0.1, 0.15) is 5.60 Å². The van der Waals surface area contributed by atoms with Gasteiger partial charge in [0, 0.05) is 13.1 Å². The molecule has 4 heteroatoms. The average molecular weight is 328 g/mol. The van der Waals surface area contributed by atoms with E-state index in [-0.39, 0.29) is 6.09 Å². The number of hydrogen-bond donors (Lipinski definition) is 0. The Hall–Kier alpha value is -1.03. The van der Waals surface area contributed by atoms with E-state index >= 15 is 0 Å². The third-order valence-corrected chi connectivity index (χ3v) is 2.84. The number of ether oxygens (including phenoxy) is 1. The fraction of sp³-hybridized carbons (Fsp3) is 0.533. The zero-order valence-corrected chi connectivity index (χ0v) is 13.7. The third-order valence-electron chi connectivity index (χ3n) is 2.61. The normalized spacial score (nSPS) is 16.9. The van der Waals surface area contributed by atoms with Crippen LogP contribution >= 0.6 is 15.9 Å². The van der Waals surface area contributed by atoms with Crippen LogP contribution in [-0.2, 0) is 4.74 Å². The minimum Gasteiger partial charge on any atom is -0.444 e. The molecule has 0 aromatic heterocycles. The molecule has 0 N–H and O–H groups in total. The molecule has 1 heterocycles. The maximum atomic E-state index is 12.1. The molecule has 0 spiro atoms. The van der Waals surface area contributed by atoms with Crippen molar-refractivity contribution in [1.82, 2.24) is 4.90 Å². The monoisotopic (exact) mass is 327 g/mol. The molecular weight excluding hydrogens is 306 g/mol. The molecule has 0 atom stereocenters. The SMILES string of the molecule is C=CCC1=C(/C=C(\C)Br)CN(C(=O)OC(C)(C)C)C1. The molecule has 1 rings (SSSR count). The summed E-state index contributed by atoms with van der Waals surface area (Å²) >= 11 is 3.44. The van der Waals surface area contributed by atoms with E-state index in [2.05, 4.69) is 28.6 Å². The van der Waals surface area contributed by atoms with Crippen molar-refractivity contribution in [3.63, 3.8) is 0 Å². The number of nitrogens with zero attached hydrogens (tertiary/aromatic N) is 1. The van der Waals surface area contributed by atoms with E-state index in [1.165, 1.54) is 11.1 Å². The van der Waals surface area contributed by atoms with Gasteiger partial charge in [0.25, 0.3) is 0 Å². The minimum absolute atomic E-state index is 0.260. The summed E-state index contributed by atoms with van der Waals surface area (Å²) < 4.78 is 6.45. The van der Waals surface area contributed by atoms with Crippen LogP contribution in [0, 0.1) is 0 Å². The van der Waals surface area contributed by atoms with Gasteiger partial charge in [0.2, 0.25) is 0 Å². The van der Waals surface area contributed by atoms with Gasteiger partial charge < -0.3 is 4.74 Å². The molecule has 0 bridgehead atoms. The van der Waals surface area contributed by atoms with Crippen LogP contribution in [0.3, 0.4) is 0 Å². The lowest BCUT2D eigenvalue weighted by molar-refractivity contribution is 0.0299. The van der Waals surface area contributed by atoms with Gasteiger partial charge >= 0.3 is 6.09 Å². The van der Waals surface area contributed by atoms with E-state index in [1.807, 2.05) is 33.8 Å². The summed E-state index contributed by atoms with van der Waals surface area (Å²) in [5.74, 6) is 0. The van der Waals surface area contributed by atoms with Gasteiger partial charge in [-0.3, -0.25) is 4.90 Å². The number of halogens is 1. The molecule has 0 aromatic rings. The number of amides is 1. The largest absolute Gasteiger partial charge is 0.444 e. The summed E-state index contributed by atoms with van der Waals surface area (Å²) in [6.45, 7) is 12.6. The van der Waals surface area contributed by atoms with E-state index in [0.717, 1.165) is 10.9 Å². The van der Waals surface area contributed by atoms with Crippen LogP contribution in [-0.4, -0.2) is 29.7 Å². The Kier molecular flexibility index (Phi) is 5.41. The molecule has 19 heavy (non-hydrogen) atoms. The van der Waals surface area contributed by atoms with Crippen LogP contribution in [0.25, 0.3) is 0 Å². The van der Waals surface area contributed by atoms with Crippen LogP contribution in [0.1, 0.15) is 34.1 Å². The average Bonchev–Trinajstić information content (AvgIpc) is 2.59. The van der Waals surface area contributed by atoms with Gasteiger partial charge in [-0.1, -0.05) is 22.0 Å². The highest BCUT2D eigenvalue weighted by Crippen LogP contribution is 2.25. The van der Waals surface area contributed by atoms with Gasteiger partial charge in [0.15, 0.2) is 0 Å². The number of rotatable bonds is 3. The zero-order chi connectivity index (χ0) is 14.6. The van der Waals surface area contributed by atoms with Crippen molar-refractivity contribution in [2.24, 2.45) is 0 Å². The Morgan fingerprint density at radius 3 is 2.58 bits per heavy atom. The van der Waals surface area contributed by atoms with E-state index in [1.54, 1.807) is 4.90 Å². The van der Waals surface area contributed by atoms with Gasteiger partial charge in [-0.05, 0) is 55.8 Å². The molecule has 106 valence electrons. The first-order valence-corrected chi connectivity index (χ1v) is 7.15. The molecule has 0 aliphatic carbocycles. The van der Waals surface area contributed by atoms with Gasteiger partial charge in [-0.2, -0.15) is 0 Å². The molecule has 3 nitrogen and oxygen atoms in total. The molecule has 0 fully saturated rings. The minimum atomic E-state index is -0.459. The first-order valence-electron chi connectivity index (χ1n) is 6.36. The van der Waals surface area contributed by atoms with Crippen LogP contribution in [0.4, 0.5) is 4.79 Å². The Bertz CT molecular complexity index is 426. The van der Waals surface area contributed by atoms with E-state index in [4.69, 9.17) is 4.74 Å². The number of carbonyl (C=O) groups excluding carboxylic acids is 1. The fourth-order valence-electron chi connectivity index (χ4n) is 1.92. The Balaban J connectivity index is 2.78. The third kappa shape index (κ3) is 5.23. The Labute approximate surface area is 124 Å². The first kappa shape index (κ1) is 16.0. The second kappa shape index (κ2) is 6.42. The lowest BCUT2D eigenvalue weighted by atomic mass is 10.1. The molecule has 0 radical (unpaired) electrons. The molecule has 0 saturated carbocycles. The van der Waals surface area contributed by atoms with Crippen LogP contribution in [0.2, 0.25) is 0 Å². The standard InChI is InChI=1S/C15H22BrNO2/c1-6-7-12-9-17(10-13(12)8-11(2)16)14(18)19-15(3,4)5/h6,8H,1,7,9-10H2,2-5H3/b11-8+. The molecule has 0 saturated heterocycles. The topological polar surface area (TPSA) is 29.5 Å². The second-order valence-electron chi connectivity index (χ2n) is 5.69. The van der Waals surface area contributed by atoms with Crippen molar-refractivity contribution in [2.75, 3.05) is 13.1 Å². The van der Waals surface area contributed by atoms with Gasteiger partial charge in [-0.15, -0.1) is 6.58 Å². The Morgan fingerprint density at radius 1 is 1.47 bits per heavy atom. The van der Waals surface area contributed by atoms with Crippen LogP contribution < -0.4 is 0 Å². The fourth-order valence-corrected chi connectivity index (χ4v) is 2.19. The number of carbonyl (C=O) groups is 1. The van der Waals surface area contributed by atoms with Crippen molar-refractivity contribution >= 4 is 22.0 Å². The predicted molar refractivity (Wildman–Crippen MR) is 82.3 cm³/mol. The number of allylic oxidation sites excluding steroid dienone is 2. The smallest absolute Gasteiger partial charge is 0.410 e. The zero-order valence-electron chi connectivity index (χ0n) is 12.1. The molecule has 1 amide bonds. The van der Waals surface area contributed by atoms with E-state index < -0.39 is 5.60 Å². The van der Waals surface area contributed by atoms with E-state index in [0.29, 0.717) is 13.1 Å². The summed E-state index contributed by atoms with van der Waals surface area (Å²) in [5.41, 5.74) is 1.93. The quantitative estimate of drug-likeness (QED) is 0.718. The first-order chi connectivity index (χ1) is 8.73. The maximum absolute atomic E-state index is 12.1. The molecule has 1 aliphatic heterocycles. The highest BCUT2D eigenvalue weighted by Gasteiger charge is 2.28. The maximum Gasteiger partial charge on any atom is 0.410 e. The summed E-state index contributed by atoms with van der Waals surface area (Å²) in [6.07, 6.45) is 4.46. The van der Waals surface area contributed by atoms with Gasteiger partial charge in [-0.25, -0.2) is 4.79 Å². The van der Waals surface area contributed by atoms with Crippen molar-refractivity contribution in [3.05, 3.63) is 34.4 Å².